The number of ether oxygens (including phenoxy) is 1. The molecule has 1 amide bonds. The molecule has 5 rings (SSSR count). The lowest BCUT2D eigenvalue weighted by Crippen LogP contribution is -2.45. The van der Waals surface area contributed by atoms with Crippen molar-refractivity contribution in [3.63, 3.8) is 0 Å². The van der Waals surface area contributed by atoms with Gasteiger partial charge in [-0.25, -0.2) is 13.2 Å². The van der Waals surface area contributed by atoms with E-state index in [9.17, 15) is 23.1 Å². The highest BCUT2D eigenvalue weighted by molar-refractivity contribution is 7.89. The van der Waals surface area contributed by atoms with Gasteiger partial charge in [-0.15, -0.1) is 0 Å². The number of nitrogens with one attached hydrogen (secondary N) is 4. The van der Waals surface area contributed by atoms with Crippen molar-refractivity contribution in [2.45, 2.75) is 48.8 Å². The minimum atomic E-state index is -3.75. The van der Waals surface area contributed by atoms with E-state index in [0.29, 0.717) is 42.7 Å². The number of aromatic nitrogens is 2. The summed E-state index contributed by atoms with van der Waals surface area (Å²) in [7, 11) is -2.23. The number of amides is 1. The molecule has 0 aliphatic carbocycles. The molecule has 13 heteroatoms. The zero-order chi connectivity index (χ0) is 28.3. The molecule has 0 bridgehead atoms. The van der Waals surface area contributed by atoms with E-state index in [0.717, 1.165) is 31.6 Å². The number of imidazole rings is 1. The Hall–Kier alpha value is -3.39. The number of aromatic amines is 2. The summed E-state index contributed by atoms with van der Waals surface area (Å²) in [5.41, 5.74) is 1.87. The number of aliphatic hydroxyl groups excluding tert-OH is 1. The second-order valence-corrected chi connectivity index (χ2v) is 12.2. The average Bonchev–Trinajstić information content (AvgIpc) is 3.62. The highest BCUT2D eigenvalue weighted by atomic mass is 32.2. The van der Waals surface area contributed by atoms with Crippen LogP contribution in [0.3, 0.4) is 0 Å². The molecule has 1 unspecified atom stereocenters. The predicted octanol–water partition coefficient (Wildman–Crippen LogP) is 0.754. The van der Waals surface area contributed by atoms with Crippen molar-refractivity contribution >= 4 is 32.7 Å². The van der Waals surface area contributed by atoms with E-state index in [4.69, 9.17) is 4.74 Å². The summed E-state index contributed by atoms with van der Waals surface area (Å²) < 4.78 is 33.4. The Morgan fingerprint density at radius 1 is 1.10 bits per heavy atom. The van der Waals surface area contributed by atoms with Crippen LogP contribution in [0.5, 0.6) is 5.75 Å². The highest BCUT2D eigenvalue weighted by Crippen LogP contribution is 2.28. The van der Waals surface area contributed by atoms with Crippen molar-refractivity contribution < 1.29 is 23.1 Å². The van der Waals surface area contributed by atoms with Gasteiger partial charge in [0.15, 0.2) is 0 Å². The standard InChI is InChI=1S/C27H36N6O6S/c1-28-26(35)23-5-3-13-33(23)40(37,38)21-9-7-19(8-10-21)32-14-11-18(12-15-32)29-16-20(34)17-39-24-6-2-4-22-25(24)31-27(36)30-22/h2,4,6-10,18,20,23,29,34H,3,5,11-17H2,1H3,(H,28,35)(H2,30,31,36)/t20-,23?/m0/s1. The lowest BCUT2D eigenvalue weighted by Gasteiger charge is -2.34. The number of carbonyl (C=O) groups excluding carboxylic acids is 1. The molecule has 12 nitrogen and oxygen atoms in total. The molecule has 3 aromatic rings. The van der Waals surface area contributed by atoms with Crippen LogP contribution >= 0.6 is 0 Å². The molecular weight excluding hydrogens is 536 g/mol. The summed E-state index contributed by atoms with van der Waals surface area (Å²) in [6.07, 6.45) is 2.22. The maximum absolute atomic E-state index is 13.2. The number of hydrogen-bond acceptors (Lipinski definition) is 8. The van der Waals surface area contributed by atoms with E-state index < -0.39 is 22.2 Å². The van der Waals surface area contributed by atoms with Gasteiger partial charge in [-0.05, 0) is 62.1 Å². The van der Waals surface area contributed by atoms with Gasteiger partial charge in [-0.2, -0.15) is 4.31 Å². The van der Waals surface area contributed by atoms with Crippen molar-refractivity contribution in [3.05, 3.63) is 52.9 Å². The van der Waals surface area contributed by atoms with E-state index in [1.807, 2.05) is 12.1 Å². The Bertz CT molecular complexity index is 1480. The number of piperidine rings is 1. The zero-order valence-corrected chi connectivity index (χ0v) is 23.2. The molecule has 2 aliphatic rings. The number of rotatable bonds is 10. The topological polar surface area (TPSA) is 160 Å². The van der Waals surface area contributed by atoms with Crippen molar-refractivity contribution in [2.24, 2.45) is 0 Å². The first kappa shape index (κ1) is 28.1. The second-order valence-electron chi connectivity index (χ2n) is 10.3. The van der Waals surface area contributed by atoms with E-state index in [1.165, 1.54) is 11.4 Å². The van der Waals surface area contributed by atoms with Gasteiger partial charge in [0.25, 0.3) is 0 Å². The number of anilines is 1. The van der Waals surface area contributed by atoms with Crippen LogP contribution in [0.15, 0.2) is 52.2 Å². The molecule has 216 valence electrons. The molecule has 0 saturated carbocycles. The number of nitrogens with zero attached hydrogens (tertiary/aromatic N) is 2. The van der Waals surface area contributed by atoms with Crippen molar-refractivity contribution in [1.29, 1.82) is 0 Å². The highest BCUT2D eigenvalue weighted by Gasteiger charge is 2.39. The monoisotopic (exact) mass is 572 g/mol. The number of fused-ring (bicyclic) bond motifs is 1. The van der Waals surface area contributed by atoms with Crippen LogP contribution in [-0.4, -0.2) is 91.7 Å². The summed E-state index contributed by atoms with van der Waals surface area (Å²) in [6.45, 7) is 2.40. The third-order valence-electron chi connectivity index (χ3n) is 7.64. The molecule has 3 heterocycles. The smallest absolute Gasteiger partial charge is 0.323 e. The summed E-state index contributed by atoms with van der Waals surface area (Å²) in [5, 5.41) is 16.4. The summed E-state index contributed by atoms with van der Waals surface area (Å²) in [6, 6.07) is 11.8. The minimum absolute atomic E-state index is 0.0920. The Labute approximate surface area is 232 Å². The van der Waals surface area contributed by atoms with Gasteiger partial charge in [0.05, 0.1) is 10.4 Å². The van der Waals surface area contributed by atoms with Crippen LogP contribution in [0.25, 0.3) is 11.0 Å². The van der Waals surface area contributed by atoms with Crippen LogP contribution in [0.4, 0.5) is 5.69 Å². The summed E-state index contributed by atoms with van der Waals surface area (Å²) >= 11 is 0. The number of aliphatic hydroxyl groups is 1. The lowest BCUT2D eigenvalue weighted by atomic mass is 10.0. The van der Waals surface area contributed by atoms with Gasteiger partial charge in [0.1, 0.15) is 30.0 Å². The Morgan fingerprint density at radius 2 is 1.85 bits per heavy atom. The van der Waals surface area contributed by atoms with Gasteiger partial charge >= 0.3 is 5.69 Å². The largest absolute Gasteiger partial charge is 0.489 e. The second kappa shape index (κ2) is 12.0. The van der Waals surface area contributed by atoms with Crippen LogP contribution in [0.2, 0.25) is 0 Å². The third kappa shape index (κ3) is 6.02. The normalized spacial score (nSPS) is 19.6. The minimum Gasteiger partial charge on any atom is -0.489 e. The fourth-order valence-electron chi connectivity index (χ4n) is 5.46. The molecular formula is C27H36N6O6S. The number of carbonyl (C=O) groups is 1. The van der Waals surface area contributed by atoms with Crippen molar-refractivity contribution in [2.75, 3.05) is 44.7 Å². The fraction of sp³-hybridized carbons (Fsp3) is 0.481. The number of likely N-dealkylation sites (N-methyl/N-ethyl adjacent to an activating group) is 1. The van der Waals surface area contributed by atoms with Gasteiger partial charge in [-0.3, -0.25) is 4.79 Å². The molecule has 2 aliphatic heterocycles. The Morgan fingerprint density at radius 3 is 2.58 bits per heavy atom. The number of sulfonamides is 1. The lowest BCUT2D eigenvalue weighted by molar-refractivity contribution is -0.123. The number of hydrogen-bond donors (Lipinski definition) is 5. The zero-order valence-electron chi connectivity index (χ0n) is 22.4. The third-order valence-corrected chi connectivity index (χ3v) is 9.56. The molecule has 2 aromatic carbocycles. The van der Waals surface area contributed by atoms with Gasteiger partial charge in [-0.1, -0.05) is 6.07 Å². The quantitative estimate of drug-likeness (QED) is 0.238. The van der Waals surface area contributed by atoms with E-state index >= 15 is 0 Å². The van der Waals surface area contributed by atoms with Crippen LogP contribution < -0.4 is 26.0 Å². The number of benzene rings is 2. The van der Waals surface area contributed by atoms with Crippen molar-refractivity contribution in [1.82, 2.24) is 24.9 Å². The molecule has 2 atom stereocenters. The summed E-state index contributed by atoms with van der Waals surface area (Å²) in [5.74, 6) is 0.231. The van der Waals surface area contributed by atoms with E-state index in [2.05, 4.69) is 25.5 Å². The molecule has 2 saturated heterocycles. The number of para-hydroxylation sites is 1. The first-order valence-electron chi connectivity index (χ1n) is 13.6. The Balaban J connectivity index is 1.09. The first-order chi connectivity index (χ1) is 19.3. The van der Waals surface area contributed by atoms with Crippen LogP contribution in [-0.2, 0) is 14.8 Å². The molecule has 0 radical (unpaired) electrons. The maximum Gasteiger partial charge on any atom is 0.323 e. The molecule has 2 fully saturated rings. The van der Waals surface area contributed by atoms with Crippen molar-refractivity contribution in [3.8, 4) is 5.75 Å². The summed E-state index contributed by atoms with van der Waals surface area (Å²) in [4.78, 5) is 31.5. The van der Waals surface area contributed by atoms with Gasteiger partial charge in [0.2, 0.25) is 15.9 Å². The average molecular weight is 573 g/mol. The molecule has 40 heavy (non-hydrogen) atoms. The van der Waals surface area contributed by atoms with Gasteiger partial charge < -0.3 is 35.3 Å². The fourth-order valence-corrected chi connectivity index (χ4v) is 7.12. The van der Waals surface area contributed by atoms with Gasteiger partial charge in [0, 0.05) is 45.0 Å². The van der Waals surface area contributed by atoms with E-state index in [-0.39, 0.29) is 29.1 Å². The SMILES string of the molecule is CNC(=O)C1CCCN1S(=O)(=O)c1ccc(N2CCC(NC[C@H](O)COc3cccc4[nH]c(=O)[nH]c34)CC2)cc1. The van der Waals surface area contributed by atoms with Crippen LogP contribution in [0.1, 0.15) is 25.7 Å². The van der Waals surface area contributed by atoms with Crippen LogP contribution in [0, 0.1) is 0 Å². The maximum atomic E-state index is 13.2. The molecule has 1 aromatic heterocycles. The molecule has 0 spiro atoms. The predicted molar refractivity (Wildman–Crippen MR) is 151 cm³/mol. The first-order valence-corrected chi connectivity index (χ1v) is 15.0. The van der Waals surface area contributed by atoms with E-state index in [1.54, 1.807) is 30.3 Å². The number of H-pyrrole nitrogens is 2. The Kier molecular flexibility index (Phi) is 8.45. The molecule has 5 N–H and O–H groups in total.